The summed E-state index contributed by atoms with van der Waals surface area (Å²) in [4.78, 5) is 40.5. The number of carbonyl (C=O) groups excluding carboxylic acids is 1. The van der Waals surface area contributed by atoms with Crippen molar-refractivity contribution >= 4 is 28.5 Å². The number of pyridine rings is 1. The van der Waals surface area contributed by atoms with E-state index in [9.17, 15) is 18.4 Å². The monoisotopic (exact) mass is 574 g/mol. The van der Waals surface area contributed by atoms with Crippen LogP contribution in [0.4, 0.5) is 24.8 Å². The molecular formula is C28H33F3N6O4. The van der Waals surface area contributed by atoms with E-state index in [-0.39, 0.29) is 48.4 Å². The second-order valence-corrected chi connectivity index (χ2v) is 10.0. The van der Waals surface area contributed by atoms with E-state index >= 15 is 4.39 Å². The number of esters is 1. The molecule has 2 aromatic heterocycles. The number of likely N-dealkylation sites (tertiary alicyclic amines) is 1. The second kappa shape index (κ2) is 12.8. The van der Waals surface area contributed by atoms with Crippen molar-refractivity contribution in [2.24, 2.45) is 0 Å². The molecule has 0 saturated carbocycles. The molecule has 2 fully saturated rings. The number of hydrogen-bond donors (Lipinski definition) is 0. The SMILES string of the molecule is CCn1cc(C(=O)OCCN2CCCCC2)c(=O)c2cc(F)c(N3CCN(c4ncccn4)CC3)c(OC(F)F)c21. The molecule has 41 heavy (non-hydrogen) atoms. The van der Waals surface area contributed by atoms with Gasteiger partial charge in [0, 0.05) is 57.9 Å². The van der Waals surface area contributed by atoms with Crippen molar-refractivity contribution in [2.45, 2.75) is 39.3 Å². The van der Waals surface area contributed by atoms with Crippen molar-refractivity contribution in [2.75, 3.05) is 62.2 Å². The summed E-state index contributed by atoms with van der Waals surface area (Å²) in [7, 11) is 0. The minimum Gasteiger partial charge on any atom is -0.461 e. The maximum absolute atomic E-state index is 15.7. The Kier molecular flexibility index (Phi) is 8.91. The molecule has 0 bridgehead atoms. The molecule has 4 heterocycles. The number of aryl methyl sites for hydroxylation is 1. The van der Waals surface area contributed by atoms with E-state index in [2.05, 4.69) is 14.9 Å². The molecule has 13 heteroatoms. The molecule has 0 amide bonds. The fourth-order valence-electron chi connectivity index (χ4n) is 5.49. The van der Waals surface area contributed by atoms with Gasteiger partial charge in [0.25, 0.3) is 0 Å². The summed E-state index contributed by atoms with van der Waals surface area (Å²) in [6, 6.07) is 2.70. The number of benzene rings is 1. The van der Waals surface area contributed by atoms with Gasteiger partial charge in [0.05, 0.1) is 10.9 Å². The summed E-state index contributed by atoms with van der Waals surface area (Å²) in [5, 5.41) is -0.231. The number of fused-ring (bicyclic) bond motifs is 1. The quantitative estimate of drug-likeness (QED) is 0.356. The third-order valence-electron chi connectivity index (χ3n) is 7.53. The standard InChI is InChI=1S/C28H33F3N6O4/c1-2-35-18-20(26(39)40-16-15-34-9-4-3-5-10-34)24(38)19-17-21(29)23(25(22(19)35)41-27(30)31)36-11-13-37(14-12-36)28-32-7-6-8-33-28/h6-8,17-18,27H,2-5,9-16H2,1H3. The number of alkyl halides is 2. The van der Waals surface area contributed by atoms with Crippen molar-refractivity contribution in [3.8, 4) is 5.75 Å². The fourth-order valence-corrected chi connectivity index (χ4v) is 5.49. The molecule has 3 aromatic rings. The Bertz CT molecular complexity index is 1420. The molecular weight excluding hydrogens is 541 g/mol. The number of anilines is 2. The van der Waals surface area contributed by atoms with Crippen LogP contribution in [-0.4, -0.2) is 84.4 Å². The molecule has 0 atom stereocenters. The number of piperazine rings is 1. The molecule has 0 radical (unpaired) electrons. The van der Waals surface area contributed by atoms with Crippen molar-refractivity contribution in [1.29, 1.82) is 0 Å². The van der Waals surface area contributed by atoms with Crippen LogP contribution in [0.15, 0.2) is 35.5 Å². The first kappa shape index (κ1) is 28.7. The number of nitrogens with zero attached hydrogens (tertiary/aromatic N) is 6. The van der Waals surface area contributed by atoms with Gasteiger partial charge >= 0.3 is 12.6 Å². The molecule has 2 aliphatic rings. The van der Waals surface area contributed by atoms with Crippen molar-refractivity contribution < 1.29 is 27.4 Å². The van der Waals surface area contributed by atoms with Gasteiger partial charge in [-0.25, -0.2) is 19.2 Å². The van der Waals surface area contributed by atoms with E-state index in [1.807, 2.05) is 4.90 Å². The highest BCUT2D eigenvalue weighted by molar-refractivity contribution is 5.97. The van der Waals surface area contributed by atoms with E-state index in [4.69, 9.17) is 9.47 Å². The van der Waals surface area contributed by atoms with Crippen LogP contribution in [0.3, 0.4) is 0 Å². The normalized spacial score (nSPS) is 16.4. The first-order valence-corrected chi connectivity index (χ1v) is 13.9. The fraction of sp³-hybridized carbons (Fsp3) is 0.500. The van der Waals surface area contributed by atoms with Gasteiger partial charge < -0.3 is 23.8 Å². The number of aromatic nitrogens is 3. The van der Waals surface area contributed by atoms with Crippen molar-refractivity contribution in [1.82, 2.24) is 19.4 Å². The Hall–Kier alpha value is -3.87. The lowest BCUT2D eigenvalue weighted by atomic mass is 10.1. The van der Waals surface area contributed by atoms with Crippen LogP contribution >= 0.6 is 0 Å². The summed E-state index contributed by atoms with van der Waals surface area (Å²) in [6.07, 6.45) is 7.88. The van der Waals surface area contributed by atoms with Crippen LogP contribution in [0, 0.1) is 5.82 Å². The molecule has 0 aliphatic carbocycles. The van der Waals surface area contributed by atoms with Crippen LogP contribution in [0.25, 0.3) is 10.9 Å². The van der Waals surface area contributed by atoms with E-state index in [0.29, 0.717) is 25.6 Å². The van der Waals surface area contributed by atoms with Crippen LogP contribution in [0.1, 0.15) is 36.5 Å². The van der Waals surface area contributed by atoms with Crippen LogP contribution in [-0.2, 0) is 11.3 Å². The molecule has 10 nitrogen and oxygen atoms in total. The van der Waals surface area contributed by atoms with Crippen LogP contribution < -0.4 is 20.0 Å². The zero-order valence-corrected chi connectivity index (χ0v) is 22.9. The minimum absolute atomic E-state index is 0.00658. The number of rotatable bonds is 9. The molecule has 0 spiro atoms. The van der Waals surface area contributed by atoms with Crippen molar-refractivity contribution in [3.05, 3.63) is 52.3 Å². The van der Waals surface area contributed by atoms with Gasteiger partial charge in [0.15, 0.2) is 11.6 Å². The predicted octanol–water partition coefficient (Wildman–Crippen LogP) is 3.52. The van der Waals surface area contributed by atoms with Crippen LogP contribution in [0.5, 0.6) is 5.75 Å². The zero-order chi connectivity index (χ0) is 28.9. The largest absolute Gasteiger partial charge is 0.461 e. The van der Waals surface area contributed by atoms with E-state index in [1.165, 1.54) is 17.2 Å². The van der Waals surface area contributed by atoms with Gasteiger partial charge in [0.2, 0.25) is 11.4 Å². The average molecular weight is 575 g/mol. The third kappa shape index (κ3) is 6.24. The molecule has 2 saturated heterocycles. The van der Waals surface area contributed by atoms with Gasteiger partial charge in [-0.15, -0.1) is 0 Å². The Morgan fingerprint density at radius 2 is 1.71 bits per heavy atom. The van der Waals surface area contributed by atoms with Crippen molar-refractivity contribution in [3.63, 3.8) is 0 Å². The second-order valence-electron chi connectivity index (χ2n) is 10.0. The molecule has 1 aromatic carbocycles. The Morgan fingerprint density at radius 1 is 1.02 bits per heavy atom. The lowest BCUT2D eigenvalue weighted by Gasteiger charge is -2.37. The minimum atomic E-state index is -3.27. The first-order chi connectivity index (χ1) is 19.9. The Balaban J connectivity index is 1.46. The van der Waals surface area contributed by atoms with Gasteiger partial charge in [-0.05, 0) is 45.0 Å². The average Bonchev–Trinajstić information content (AvgIpc) is 2.98. The summed E-state index contributed by atoms with van der Waals surface area (Å²) in [5.41, 5.74) is -1.26. The lowest BCUT2D eigenvalue weighted by Crippen LogP contribution is -2.47. The number of piperidine rings is 1. The predicted molar refractivity (Wildman–Crippen MR) is 148 cm³/mol. The lowest BCUT2D eigenvalue weighted by molar-refractivity contribution is -0.0488. The highest BCUT2D eigenvalue weighted by Gasteiger charge is 2.30. The van der Waals surface area contributed by atoms with Gasteiger partial charge in [0.1, 0.15) is 17.9 Å². The number of halogens is 3. The number of carbonyl (C=O) groups is 1. The van der Waals surface area contributed by atoms with E-state index < -0.39 is 29.6 Å². The smallest absolute Gasteiger partial charge is 0.387 e. The highest BCUT2D eigenvalue weighted by atomic mass is 19.3. The summed E-state index contributed by atoms with van der Waals surface area (Å²) < 4.78 is 54.8. The molecule has 220 valence electrons. The van der Waals surface area contributed by atoms with E-state index in [1.54, 1.807) is 30.3 Å². The molecule has 0 unspecified atom stereocenters. The van der Waals surface area contributed by atoms with E-state index in [0.717, 1.165) is 32.0 Å². The van der Waals surface area contributed by atoms with Crippen LogP contribution in [0.2, 0.25) is 0 Å². The molecule has 2 aliphatic heterocycles. The highest BCUT2D eigenvalue weighted by Crippen LogP contribution is 2.40. The third-order valence-corrected chi connectivity index (χ3v) is 7.53. The maximum Gasteiger partial charge on any atom is 0.387 e. The summed E-state index contributed by atoms with van der Waals surface area (Å²) in [6.45, 7) is 2.56. The maximum atomic E-state index is 15.7. The van der Waals surface area contributed by atoms with Gasteiger partial charge in [-0.2, -0.15) is 8.78 Å². The van der Waals surface area contributed by atoms with Gasteiger partial charge in [-0.1, -0.05) is 6.42 Å². The number of ether oxygens (including phenoxy) is 2. The topological polar surface area (TPSA) is 93.0 Å². The number of hydrogen-bond acceptors (Lipinski definition) is 9. The Labute approximate surface area is 235 Å². The first-order valence-electron chi connectivity index (χ1n) is 13.9. The Morgan fingerprint density at radius 3 is 2.37 bits per heavy atom. The summed E-state index contributed by atoms with van der Waals surface area (Å²) in [5.74, 6) is -1.65. The molecule has 5 rings (SSSR count). The van der Waals surface area contributed by atoms with Gasteiger partial charge in [-0.3, -0.25) is 9.69 Å². The summed E-state index contributed by atoms with van der Waals surface area (Å²) >= 11 is 0. The molecule has 0 N–H and O–H groups in total. The zero-order valence-electron chi connectivity index (χ0n) is 22.9.